The number of amides is 1. The fourth-order valence-corrected chi connectivity index (χ4v) is 5.77. The van der Waals surface area contributed by atoms with Crippen LogP contribution in [0, 0.1) is 0 Å². The number of rotatable bonds is 6. The summed E-state index contributed by atoms with van der Waals surface area (Å²) in [6, 6.07) is 19.7. The molecule has 2 N–H and O–H groups in total. The van der Waals surface area contributed by atoms with Crippen molar-refractivity contribution in [3.63, 3.8) is 0 Å². The van der Waals surface area contributed by atoms with Gasteiger partial charge in [-0.05, 0) is 54.6 Å². The van der Waals surface area contributed by atoms with E-state index >= 15 is 0 Å². The molecule has 41 heavy (non-hydrogen) atoms. The third-order valence-electron chi connectivity index (χ3n) is 5.88. The maximum Gasteiger partial charge on any atom is 0.345 e. The second kappa shape index (κ2) is 12.4. The Labute approximate surface area is 267 Å². The van der Waals surface area contributed by atoms with E-state index in [1.165, 1.54) is 24.4 Å². The Hall–Kier alpha value is -3.04. The molecule has 0 bridgehead atoms. The first-order valence-corrected chi connectivity index (χ1v) is 14.4. The predicted octanol–water partition coefficient (Wildman–Crippen LogP) is 9.85. The van der Waals surface area contributed by atoms with Crippen molar-refractivity contribution in [3.8, 4) is 16.9 Å². The number of ether oxygens (including phenoxy) is 1. The third-order valence-corrected chi connectivity index (χ3v) is 7.77. The van der Waals surface area contributed by atoms with Gasteiger partial charge in [0.1, 0.15) is 11.4 Å². The van der Waals surface area contributed by atoms with E-state index in [1.807, 2.05) is 0 Å². The van der Waals surface area contributed by atoms with Crippen LogP contribution >= 0.6 is 73.9 Å². The van der Waals surface area contributed by atoms with Gasteiger partial charge in [-0.15, -0.1) is 0 Å². The van der Waals surface area contributed by atoms with Crippen LogP contribution in [0.4, 0.5) is 0 Å². The highest BCUT2D eigenvalue weighted by atomic mass is 79.9. The lowest BCUT2D eigenvalue weighted by molar-refractivity contribution is 0.0734. The van der Waals surface area contributed by atoms with Gasteiger partial charge in [-0.1, -0.05) is 92.1 Å². The highest BCUT2D eigenvalue weighted by Crippen LogP contribution is 2.41. The van der Waals surface area contributed by atoms with Crippen molar-refractivity contribution >= 4 is 103 Å². The minimum Gasteiger partial charge on any atom is -0.422 e. The SMILES string of the molecule is O=C(Oc1ccc(Br)cc1C=NNC(=O)c1[nH]c2cc(Cl)cc(Cl)c2c1-c1ccccc1Cl)c1ccc(Cl)cc1Cl. The molecule has 0 aliphatic heterocycles. The number of hydrogen-bond donors (Lipinski definition) is 2. The van der Waals surface area contributed by atoms with Gasteiger partial charge in [-0.25, -0.2) is 10.2 Å². The summed E-state index contributed by atoms with van der Waals surface area (Å²) in [7, 11) is 0. The number of esters is 1. The number of hydrazone groups is 1. The molecule has 0 fully saturated rings. The third kappa shape index (κ3) is 6.41. The molecule has 1 aromatic heterocycles. The van der Waals surface area contributed by atoms with E-state index in [2.05, 4.69) is 31.4 Å². The van der Waals surface area contributed by atoms with Gasteiger partial charge in [0.25, 0.3) is 5.91 Å². The molecule has 5 rings (SSSR count). The Morgan fingerprint density at radius 2 is 1.61 bits per heavy atom. The molecule has 12 heteroatoms. The zero-order valence-corrected chi connectivity index (χ0v) is 25.8. The molecule has 4 aromatic carbocycles. The summed E-state index contributed by atoms with van der Waals surface area (Å²) >= 11 is 34.7. The van der Waals surface area contributed by atoms with Gasteiger partial charge in [0.2, 0.25) is 0 Å². The lowest BCUT2D eigenvalue weighted by Crippen LogP contribution is -2.19. The van der Waals surface area contributed by atoms with Crippen LogP contribution in [0.25, 0.3) is 22.0 Å². The van der Waals surface area contributed by atoms with Crippen LogP contribution < -0.4 is 10.2 Å². The standard InChI is InChI=1S/C29H15BrCl5N3O3/c30-15-5-8-24(41-29(40)19-7-6-16(31)10-21(19)34)14(9-15)13-36-38-28(39)27-25(18-3-1-2-4-20(18)33)26-22(35)11-17(32)12-23(26)37-27/h1-13,37H,(H,38,39). The number of benzene rings is 4. The maximum atomic E-state index is 13.4. The predicted molar refractivity (Wildman–Crippen MR) is 169 cm³/mol. The average molecular weight is 711 g/mol. The smallest absolute Gasteiger partial charge is 0.345 e. The van der Waals surface area contributed by atoms with Crippen LogP contribution in [0.3, 0.4) is 0 Å². The molecule has 1 heterocycles. The van der Waals surface area contributed by atoms with Gasteiger partial charge in [0, 0.05) is 47.1 Å². The van der Waals surface area contributed by atoms with Gasteiger partial charge in [0.05, 0.1) is 21.8 Å². The first-order chi connectivity index (χ1) is 19.6. The Morgan fingerprint density at radius 1 is 0.854 bits per heavy atom. The average Bonchev–Trinajstić information content (AvgIpc) is 3.30. The number of carbonyl (C=O) groups is 2. The van der Waals surface area contributed by atoms with E-state index in [-0.39, 0.29) is 22.0 Å². The van der Waals surface area contributed by atoms with Crippen LogP contribution in [-0.2, 0) is 0 Å². The van der Waals surface area contributed by atoms with Gasteiger partial charge in [-0.3, -0.25) is 4.79 Å². The molecular formula is C29H15BrCl5N3O3. The van der Waals surface area contributed by atoms with E-state index in [0.29, 0.717) is 52.2 Å². The zero-order chi connectivity index (χ0) is 29.3. The molecule has 0 aliphatic carbocycles. The minimum absolute atomic E-state index is 0.139. The van der Waals surface area contributed by atoms with E-state index in [1.54, 1.807) is 54.6 Å². The fourth-order valence-electron chi connectivity index (χ4n) is 4.09. The quantitative estimate of drug-likeness (QED) is 0.0797. The number of nitrogens with zero attached hydrogens (tertiary/aromatic N) is 1. The molecule has 0 saturated carbocycles. The highest BCUT2D eigenvalue weighted by Gasteiger charge is 2.23. The Bertz CT molecular complexity index is 1870. The zero-order valence-electron chi connectivity index (χ0n) is 20.4. The summed E-state index contributed by atoms with van der Waals surface area (Å²) in [6.07, 6.45) is 1.34. The van der Waals surface area contributed by atoms with Crippen molar-refractivity contribution < 1.29 is 14.3 Å². The second-order valence-electron chi connectivity index (χ2n) is 8.56. The van der Waals surface area contributed by atoms with Crippen molar-refractivity contribution in [2.24, 2.45) is 5.10 Å². The number of H-pyrrole nitrogens is 1. The van der Waals surface area contributed by atoms with Gasteiger partial charge in [0.15, 0.2) is 0 Å². The first-order valence-electron chi connectivity index (χ1n) is 11.7. The molecule has 6 nitrogen and oxygen atoms in total. The molecule has 0 aliphatic rings. The molecular weight excluding hydrogens is 696 g/mol. The van der Waals surface area contributed by atoms with Crippen molar-refractivity contribution in [2.45, 2.75) is 0 Å². The van der Waals surface area contributed by atoms with Crippen molar-refractivity contribution in [1.29, 1.82) is 0 Å². The van der Waals surface area contributed by atoms with Gasteiger partial charge >= 0.3 is 5.97 Å². The fraction of sp³-hybridized carbons (Fsp3) is 0. The van der Waals surface area contributed by atoms with E-state index < -0.39 is 11.9 Å². The number of hydrogen-bond acceptors (Lipinski definition) is 4. The van der Waals surface area contributed by atoms with Crippen LogP contribution in [-0.4, -0.2) is 23.1 Å². The largest absolute Gasteiger partial charge is 0.422 e. The topological polar surface area (TPSA) is 83.5 Å². The summed E-state index contributed by atoms with van der Waals surface area (Å²) in [6.45, 7) is 0. The number of aromatic nitrogens is 1. The molecule has 0 atom stereocenters. The molecule has 206 valence electrons. The van der Waals surface area contributed by atoms with Crippen LogP contribution in [0.5, 0.6) is 5.75 Å². The summed E-state index contributed by atoms with van der Waals surface area (Å²) in [5, 5.41) is 6.40. The lowest BCUT2D eigenvalue weighted by atomic mass is 10.0. The number of aromatic amines is 1. The minimum atomic E-state index is -0.689. The number of fused-ring (bicyclic) bond motifs is 1. The highest BCUT2D eigenvalue weighted by molar-refractivity contribution is 9.10. The monoisotopic (exact) mass is 707 g/mol. The summed E-state index contributed by atoms with van der Waals surface area (Å²) in [4.78, 5) is 29.2. The van der Waals surface area contributed by atoms with Crippen molar-refractivity contribution in [3.05, 3.63) is 119 Å². The number of nitrogens with one attached hydrogen (secondary N) is 2. The molecule has 5 aromatic rings. The van der Waals surface area contributed by atoms with Crippen molar-refractivity contribution in [1.82, 2.24) is 10.4 Å². The van der Waals surface area contributed by atoms with Crippen LogP contribution in [0.2, 0.25) is 25.1 Å². The summed E-state index contributed by atoms with van der Waals surface area (Å²) in [5.74, 6) is -1.07. The Kier molecular flexibility index (Phi) is 8.94. The van der Waals surface area contributed by atoms with Gasteiger partial charge < -0.3 is 9.72 Å². The molecule has 0 spiro atoms. The molecule has 1 amide bonds. The molecule has 0 radical (unpaired) electrons. The molecule has 0 saturated heterocycles. The number of halogens is 6. The molecule has 0 unspecified atom stereocenters. The van der Waals surface area contributed by atoms with Gasteiger partial charge in [-0.2, -0.15) is 5.10 Å². The van der Waals surface area contributed by atoms with E-state index in [0.717, 1.165) is 0 Å². The maximum absolute atomic E-state index is 13.4. The van der Waals surface area contributed by atoms with E-state index in [9.17, 15) is 9.59 Å². The first kappa shape index (κ1) is 29.5. The normalized spacial score (nSPS) is 11.3. The number of carbonyl (C=O) groups excluding carboxylic acids is 2. The van der Waals surface area contributed by atoms with Crippen LogP contribution in [0.1, 0.15) is 26.4 Å². The van der Waals surface area contributed by atoms with Crippen LogP contribution in [0.15, 0.2) is 82.4 Å². The summed E-state index contributed by atoms with van der Waals surface area (Å²) < 4.78 is 6.26. The summed E-state index contributed by atoms with van der Waals surface area (Å²) in [5.41, 5.74) is 4.86. The lowest BCUT2D eigenvalue weighted by Gasteiger charge is -2.09. The second-order valence-corrected chi connectivity index (χ2v) is 11.6. The van der Waals surface area contributed by atoms with E-state index in [4.69, 9.17) is 62.7 Å². The van der Waals surface area contributed by atoms with Crippen molar-refractivity contribution in [2.75, 3.05) is 0 Å². The Morgan fingerprint density at radius 3 is 2.37 bits per heavy atom. The Balaban J connectivity index is 1.45.